The molecule has 0 spiro atoms. The molecule has 0 unspecified atom stereocenters. The normalized spacial score (nSPS) is 16.5. The van der Waals surface area contributed by atoms with Crippen LogP contribution in [0.25, 0.3) is 0 Å². The minimum absolute atomic E-state index is 0.0888. The molecule has 0 atom stereocenters. The summed E-state index contributed by atoms with van der Waals surface area (Å²) < 4.78 is 1.66. The number of carbonyl (C=O) groups excluding carboxylic acids is 1. The Kier molecular flexibility index (Phi) is 3.50. The molecular weight excluding hydrogens is 224 g/mol. The average Bonchev–Trinajstić information content (AvgIpc) is 2.70. The van der Waals surface area contributed by atoms with Gasteiger partial charge in [-0.3, -0.25) is 9.48 Å². The fraction of sp³-hybridized carbons (Fsp3) is 0.600. The van der Waals surface area contributed by atoms with Crippen LogP contribution in [-0.4, -0.2) is 53.0 Å². The second-order valence-corrected chi connectivity index (χ2v) is 4.58. The lowest BCUT2D eigenvalue weighted by molar-refractivity contribution is 0.0721. The van der Waals surface area contributed by atoms with E-state index in [1.165, 1.54) is 0 Å². The fourth-order valence-electron chi connectivity index (χ4n) is 1.83. The van der Waals surface area contributed by atoms with Crippen LogP contribution >= 0.6 is 11.8 Å². The predicted octanol–water partition coefficient (Wildman–Crippen LogP) is 0.187. The third kappa shape index (κ3) is 2.08. The summed E-state index contributed by atoms with van der Waals surface area (Å²) in [5.41, 5.74) is 0.703. The molecule has 1 saturated heterocycles. The van der Waals surface area contributed by atoms with Gasteiger partial charge in [0.1, 0.15) is 5.69 Å². The van der Waals surface area contributed by atoms with Gasteiger partial charge in [-0.15, -0.1) is 11.8 Å². The molecule has 0 radical (unpaired) electrons. The Morgan fingerprint density at radius 1 is 1.50 bits per heavy atom. The minimum atomic E-state index is 0.0888. The second-order valence-electron chi connectivity index (χ2n) is 3.73. The molecule has 1 fully saturated rings. The highest BCUT2D eigenvalue weighted by Crippen LogP contribution is 2.20. The van der Waals surface area contributed by atoms with E-state index in [1.54, 1.807) is 22.6 Å². The maximum Gasteiger partial charge on any atom is 0.273 e. The molecule has 0 aromatic carbocycles. The summed E-state index contributed by atoms with van der Waals surface area (Å²) in [5.74, 6) is 0.0888. The van der Waals surface area contributed by atoms with Crippen molar-refractivity contribution in [2.24, 2.45) is 7.05 Å². The summed E-state index contributed by atoms with van der Waals surface area (Å²) in [5, 5.41) is 7.37. The Bertz CT molecular complexity index is 384. The van der Waals surface area contributed by atoms with Crippen molar-refractivity contribution in [2.45, 2.75) is 4.90 Å². The third-order valence-electron chi connectivity index (χ3n) is 2.73. The van der Waals surface area contributed by atoms with Gasteiger partial charge in [-0.05, 0) is 6.26 Å². The summed E-state index contributed by atoms with van der Waals surface area (Å²) in [6.45, 7) is 3.30. The SMILES string of the molecule is CSc1cnn(C)c1C(=O)N1CCNCC1. The van der Waals surface area contributed by atoms with Gasteiger partial charge in [0.25, 0.3) is 5.91 Å². The van der Waals surface area contributed by atoms with Gasteiger partial charge in [-0.25, -0.2) is 0 Å². The molecule has 1 amide bonds. The number of nitrogens with zero attached hydrogens (tertiary/aromatic N) is 3. The molecular formula is C10H16N4OS. The quantitative estimate of drug-likeness (QED) is 0.750. The standard InChI is InChI=1S/C10H16N4OS/c1-13-9(8(16-2)7-12-13)10(15)14-5-3-11-4-6-14/h7,11H,3-6H2,1-2H3. The van der Waals surface area contributed by atoms with E-state index >= 15 is 0 Å². The molecule has 5 nitrogen and oxygen atoms in total. The van der Waals surface area contributed by atoms with Crippen LogP contribution in [0.1, 0.15) is 10.5 Å². The number of aryl methyl sites for hydroxylation is 1. The molecule has 1 aromatic rings. The van der Waals surface area contributed by atoms with Gasteiger partial charge in [0.05, 0.1) is 11.1 Å². The Morgan fingerprint density at radius 2 is 2.19 bits per heavy atom. The van der Waals surface area contributed by atoms with Crippen molar-refractivity contribution in [1.29, 1.82) is 0 Å². The lowest BCUT2D eigenvalue weighted by Gasteiger charge is -2.27. The Labute approximate surface area is 99.2 Å². The zero-order valence-electron chi connectivity index (χ0n) is 9.56. The van der Waals surface area contributed by atoms with Crippen LogP contribution in [-0.2, 0) is 7.05 Å². The molecule has 16 heavy (non-hydrogen) atoms. The van der Waals surface area contributed by atoms with Gasteiger partial charge in [0.2, 0.25) is 0 Å². The topological polar surface area (TPSA) is 50.2 Å². The van der Waals surface area contributed by atoms with Crippen molar-refractivity contribution < 1.29 is 4.79 Å². The number of hydrogen-bond donors (Lipinski definition) is 1. The first kappa shape index (κ1) is 11.5. The van der Waals surface area contributed by atoms with E-state index in [0.29, 0.717) is 5.69 Å². The van der Waals surface area contributed by atoms with Crippen LogP contribution in [0.5, 0.6) is 0 Å². The van der Waals surface area contributed by atoms with E-state index in [1.807, 2.05) is 18.2 Å². The van der Waals surface area contributed by atoms with Crippen LogP contribution in [0.2, 0.25) is 0 Å². The Morgan fingerprint density at radius 3 is 2.81 bits per heavy atom. The molecule has 0 aliphatic carbocycles. The van der Waals surface area contributed by atoms with Crippen LogP contribution in [0.4, 0.5) is 0 Å². The van der Waals surface area contributed by atoms with E-state index in [2.05, 4.69) is 10.4 Å². The van der Waals surface area contributed by atoms with Crippen molar-refractivity contribution >= 4 is 17.7 Å². The molecule has 1 aliphatic rings. The smallest absolute Gasteiger partial charge is 0.273 e. The number of rotatable bonds is 2. The molecule has 2 heterocycles. The van der Waals surface area contributed by atoms with Crippen molar-refractivity contribution in [3.05, 3.63) is 11.9 Å². The van der Waals surface area contributed by atoms with E-state index in [-0.39, 0.29) is 5.91 Å². The largest absolute Gasteiger partial charge is 0.335 e. The first-order valence-corrected chi connectivity index (χ1v) is 6.52. The average molecular weight is 240 g/mol. The van der Waals surface area contributed by atoms with Crippen molar-refractivity contribution in [2.75, 3.05) is 32.4 Å². The van der Waals surface area contributed by atoms with Crippen molar-refractivity contribution in [3.63, 3.8) is 0 Å². The molecule has 0 saturated carbocycles. The monoisotopic (exact) mass is 240 g/mol. The fourth-order valence-corrected chi connectivity index (χ4v) is 2.39. The van der Waals surface area contributed by atoms with E-state index in [4.69, 9.17) is 0 Å². The maximum absolute atomic E-state index is 12.3. The highest BCUT2D eigenvalue weighted by atomic mass is 32.2. The number of nitrogens with one attached hydrogen (secondary N) is 1. The summed E-state index contributed by atoms with van der Waals surface area (Å²) in [6.07, 6.45) is 3.71. The van der Waals surface area contributed by atoms with Gasteiger partial charge >= 0.3 is 0 Å². The van der Waals surface area contributed by atoms with Crippen LogP contribution in [0.3, 0.4) is 0 Å². The first-order valence-electron chi connectivity index (χ1n) is 5.30. The molecule has 88 valence electrons. The third-order valence-corrected chi connectivity index (χ3v) is 3.47. The van der Waals surface area contributed by atoms with Gasteiger partial charge in [-0.1, -0.05) is 0 Å². The first-order chi connectivity index (χ1) is 7.74. The Balaban J connectivity index is 2.21. The van der Waals surface area contributed by atoms with E-state index in [0.717, 1.165) is 31.1 Å². The van der Waals surface area contributed by atoms with Crippen LogP contribution in [0, 0.1) is 0 Å². The summed E-state index contributed by atoms with van der Waals surface area (Å²) in [4.78, 5) is 15.1. The lowest BCUT2D eigenvalue weighted by Crippen LogP contribution is -2.47. The number of carbonyl (C=O) groups is 1. The Hall–Kier alpha value is -1.01. The van der Waals surface area contributed by atoms with Gasteiger partial charge in [0, 0.05) is 33.2 Å². The zero-order chi connectivity index (χ0) is 11.5. The highest BCUT2D eigenvalue weighted by molar-refractivity contribution is 7.98. The highest BCUT2D eigenvalue weighted by Gasteiger charge is 2.23. The molecule has 2 rings (SSSR count). The van der Waals surface area contributed by atoms with Crippen molar-refractivity contribution in [3.8, 4) is 0 Å². The van der Waals surface area contributed by atoms with E-state index in [9.17, 15) is 4.79 Å². The van der Waals surface area contributed by atoms with Crippen molar-refractivity contribution in [1.82, 2.24) is 20.0 Å². The number of hydrogen-bond acceptors (Lipinski definition) is 4. The van der Waals surface area contributed by atoms with E-state index < -0.39 is 0 Å². The number of thioether (sulfide) groups is 1. The summed E-state index contributed by atoms with van der Waals surface area (Å²) >= 11 is 1.56. The van der Waals surface area contributed by atoms with Gasteiger partial charge < -0.3 is 10.2 Å². The predicted molar refractivity (Wildman–Crippen MR) is 63.8 cm³/mol. The molecule has 1 aromatic heterocycles. The van der Waals surface area contributed by atoms with Crippen LogP contribution < -0.4 is 5.32 Å². The van der Waals surface area contributed by atoms with Crippen LogP contribution in [0.15, 0.2) is 11.1 Å². The zero-order valence-corrected chi connectivity index (χ0v) is 10.4. The number of piperazine rings is 1. The molecule has 1 N–H and O–H groups in total. The maximum atomic E-state index is 12.3. The number of aromatic nitrogens is 2. The lowest BCUT2D eigenvalue weighted by atomic mass is 10.3. The van der Waals surface area contributed by atoms with Gasteiger partial charge in [-0.2, -0.15) is 5.10 Å². The molecule has 1 aliphatic heterocycles. The number of amides is 1. The molecule has 6 heteroatoms. The second kappa shape index (κ2) is 4.88. The summed E-state index contributed by atoms with van der Waals surface area (Å²) in [6, 6.07) is 0. The minimum Gasteiger partial charge on any atom is -0.335 e. The molecule has 0 bridgehead atoms. The summed E-state index contributed by atoms with van der Waals surface area (Å²) in [7, 11) is 1.81. The van der Waals surface area contributed by atoms with Gasteiger partial charge in [0.15, 0.2) is 0 Å².